The highest BCUT2D eigenvalue weighted by atomic mass is 32.2. The Kier molecular flexibility index (Phi) is 14.3. The zero-order valence-corrected chi connectivity index (χ0v) is 32.0. The SMILES string of the molecule is CCCCC1(CCCC)CN(c2ccccc2)c2cc(SC)c(OCC(=O)NC(C#N)(C(=O)NC[C@@H](CO)C(=O)O)c3ccccc3)cc2S(=O)(=O)C1. The summed E-state index contributed by atoms with van der Waals surface area (Å²) in [5.41, 5.74) is -1.28. The average Bonchev–Trinajstić information content (AvgIpc) is 3.26. The molecule has 1 heterocycles. The van der Waals surface area contributed by atoms with Crippen molar-refractivity contribution in [3.05, 3.63) is 78.4 Å². The molecule has 0 aromatic heterocycles. The largest absolute Gasteiger partial charge is 0.483 e. The number of aliphatic hydroxyl groups is 1. The number of carbonyl (C=O) groups excluding carboxylic acids is 2. The zero-order chi connectivity index (χ0) is 38.6. The van der Waals surface area contributed by atoms with E-state index in [2.05, 4.69) is 29.4 Å². The van der Waals surface area contributed by atoms with E-state index in [1.165, 1.54) is 30.0 Å². The molecule has 12 nitrogen and oxygen atoms in total. The lowest BCUT2D eigenvalue weighted by Crippen LogP contribution is -2.57. The van der Waals surface area contributed by atoms with Crippen LogP contribution in [0, 0.1) is 22.7 Å². The number of hydrogen-bond acceptors (Lipinski definition) is 10. The summed E-state index contributed by atoms with van der Waals surface area (Å²) in [6, 6.07) is 22.6. The number of ether oxygens (including phenoxy) is 1. The van der Waals surface area contributed by atoms with E-state index in [9.17, 15) is 38.3 Å². The maximum Gasteiger partial charge on any atom is 0.310 e. The van der Waals surface area contributed by atoms with Crippen LogP contribution in [0.4, 0.5) is 11.4 Å². The molecule has 0 saturated carbocycles. The van der Waals surface area contributed by atoms with E-state index in [4.69, 9.17) is 4.74 Å². The molecule has 0 spiro atoms. The van der Waals surface area contributed by atoms with Gasteiger partial charge in [-0.15, -0.1) is 11.8 Å². The smallest absolute Gasteiger partial charge is 0.310 e. The fraction of sp³-hybridized carbons (Fsp3) is 0.436. The summed E-state index contributed by atoms with van der Waals surface area (Å²) in [4.78, 5) is 41.2. The van der Waals surface area contributed by atoms with E-state index < -0.39 is 64.3 Å². The molecule has 4 N–H and O–H groups in total. The summed E-state index contributed by atoms with van der Waals surface area (Å²) in [5, 5.41) is 33.9. The van der Waals surface area contributed by atoms with Crippen molar-refractivity contribution in [3.63, 3.8) is 0 Å². The lowest BCUT2D eigenvalue weighted by atomic mass is 9.79. The van der Waals surface area contributed by atoms with E-state index in [1.807, 2.05) is 42.7 Å². The number of nitriles is 1. The van der Waals surface area contributed by atoms with Crippen LogP contribution in [-0.4, -0.2) is 74.7 Å². The third kappa shape index (κ3) is 9.70. The summed E-state index contributed by atoms with van der Waals surface area (Å²) in [6.07, 6.45) is 6.99. The van der Waals surface area contributed by atoms with Crippen LogP contribution < -0.4 is 20.3 Å². The Morgan fingerprint density at radius 2 is 1.66 bits per heavy atom. The Morgan fingerprint density at radius 1 is 1.04 bits per heavy atom. The van der Waals surface area contributed by atoms with Gasteiger partial charge in [-0.1, -0.05) is 88.1 Å². The summed E-state index contributed by atoms with van der Waals surface area (Å²) >= 11 is 1.32. The lowest BCUT2D eigenvalue weighted by molar-refractivity contribution is -0.143. The van der Waals surface area contributed by atoms with Crippen molar-refractivity contribution >= 4 is 50.8 Å². The first-order chi connectivity index (χ1) is 25.4. The highest BCUT2D eigenvalue weighted by Crippen LogP contribution is 2.47. The first-order valence-electron chi connectivity index (χ1n) is 17.7. The van der Waals surface area contributed by atoms with Gasteiger partial charge >= 0.3 is 5.97 Å². The van der Waals surface area contributed by atoms with Crippen LogP contribution in [0.3, 0.4) is 0 Å². The van der Waals surface area contributed by atoms with Gasteiger partial charge in [0, 0.05) is 35.8 Å². The molecule has 0 fully saturated rings. The number of sulfone groups is 1. The van der Waals surface area contributed by atoms with Gasteiger partial charge in [-0.05, 0) is 37.3 Å². The molecule has 1 aliphatic heterocycles. The number of amides is 2. The Morgan fingerprint density at radius 3 is 2.21 bits per heavy atom. The second kappa shape index (κ2) is 18.4. The Balaban J connectivity index is 1.71. The normalized spacial score (nSPS) is 16.2. The average molecular weight is 765 g/mol. The number of para-hydroxylation sites is 1. The third-order valence-corrected chi connectivity index (χ3v) is 12.3. The van der Waals surface area contributed by atoms with Crippen molar-refractivity contribution in [3.8, 4) is 11.8 Å². The van der Waals surface area contributed by atoms with Gasteiger partial charge in [-0.3, -0.25) is 14.4 Å². The molecule has 1 aliphatic rings. The molecule has 14 heteroatoms. The number of aliphatic carboxylic acids is 1. The van der Waals surface area contributed by atoms with Gasteiger partial charge in [-0.25, -0.2) is 8.42 Å². The number of unbranched alkanes of at least 4 members (excludes halogenated alkanes) is 2. The number of rotatable bonds is 18. The van der Waals surface area contributed by atoms with Gasteiger partial charge in [0.2, 0.25) is 5.54 Å². The topological polar surface area (TPSA) is 186 Å². The van der Waals surface area contributed by atoms with Crippen LogP contribution >= 0.6 is 11.8 Å². The minimum Gasteiger partial charge on any atom is -0.483 e. The molecule has 2 atom stereocenters. The first kappa shape index (κ1) is 41.2. The van der Waals surface area contributed by atoms with Crippen molar-refractivity contribution in [2.75, 3.05) is 43.2 Å². The molecular formula is C39H48N4O8S2. The third-order valence-electron chi connectivity index (χ3n) is 9.53. The molecule has 0 bridgehead atoms. The van der Waals surface area contributed by atoms with Gasteiger partial charge in [0.15, 0.2) is 16.4 Å². The molecule has 4 rings (SSSR count). The van der Waals surface area contributed by atoms with Gasteiger partial charge in [0.05, 0.1) is 33.8 Å². The molecular weight excluding hydrogens is 717 g/mol. The molecule has 0 radical (unpaired) electrons. The predicted octanol–water partition coefficient (Wildman–Crippen LogP) is 5.42. The molecule has 53 heavy (non-hydrogen) atoms. The van der Waals surface area contributed by atoms with Crippen LogP contribution in [-0.2, 0) is 29.8 Å². The standard InChI is InChI=1S/C39H48N4O8S2/c1-4-6-18-38(19-7-5-2)26-43(30-16-12-9-13-17-30)31-20-33(52-3)32(21-34(31)53(49,50)27-38)51-24-35(45)42-39(25-40,29-14-10-8-11-15-29)37(48)41-22-28(23-44)36(46)47/h8-17,20-21,28,44H,4-7,18-19,22-24,26-27H2,1-3H3,(H,41,48)(H,42,45)(H,46,47)/t28-,39?/m0/s1. The van der Waals surface area contributed by atoms with E-state index in [0.717, 1.165) is 44.2 Å². The fourth-order valence-corrected chi connectivity index (χ4v) is 9.30. The maximum atomic E-state index is 14.4. The Hall–Kier alpha value is -4.58. The number of benzene rings is 3. The minimum atomic E-state index is -3.86. The van der Waals surface area contributed by atoms with E-state index >= 15 is 0 Å². The number of anilines is 2. The first-order valence-corrected chi connectivity index (χ1v) is 20.6. The molecule has 2 amide bonds. The molecule has 3 aromatic carbocycles. The number of nitrogens with one attached hydrogen (secondary N) is 2. The summed E-state index contributed by atoms with van der Waals surface area (Å²) < 4.78 is 34.9. The van der Waals surface area contributed by atoms with Crippen LogP contribution in [0.25, 0.3) is 0 Å². The summed E-state index contributed by atoms with van der Waals surface area (Å²) in [5.74, 6) is -4.44. The van der Waals surface area contributed by atoms with Crippen LogP contribution in [0.15, 0.2) is 82.6 Å². The number of carboxylic acids is 1. The van der Waals surface area contributed by atoms with Crippen molar-refractivity contribution < 1.29 is 37.8 Å². The summed E-state index contributed by atoms with van der Waals surface area (Å²) in [7, 11) is -3.86. The van der Waals surface area contributed by atoms with Crippen molar-refractivity contribution in [1.29, 1.82) is 5.26 Å². The van der Waals surface area contributed by atoms with Crippen LogP contribution in [0.1, 0.15) is 57.9 Å². The van der Waals surface area contributed by atoms with Gasteiger partial charge in [-0.2, -0.15) is 5.26 Å². The molecule has 3 aromatic rings. The number of aliphatic hydroxyl groups excluding tert-OH is 1. The number of hydrogen-bond donors (Lipinski definition) is 4. The Bertz CT molecular complexity index is 1880. The predicted molar refractivity (Wildman–Crippen MR) is 204 cm³/mol. The molecule has 284 valence electrons. The van der Waals surface area contributed by atoms with Crippen LogP contribution in [0.5, 0.6) is 5.75 Å². The Labute approximate surface area is 315 Å². The number of carboxylic acid groups (broad SMARTS) is 1. The molecule has 0 aliphatic carbocycles. The van der Waals surface area contributed by atoms with E-state index in [0.29, 0.717) is 17.1 Å². The maximum absolute atomic E-state index is 14.4. The highest BCUT2D eigenvalue weighted by Gasteiger charge is 2.44. The molecule has 1 unspecified atom stereocenters. The van der Waals surface area contributed by atoms with Gasteiger partial charge in [0.1, 0.15) is 11.8 Å². The van der Waals surface area contributed by atoms with Crippen LogP contribution in [0.2, 0.25) is 0 Å². The van der Waals surface area contributed by atoms with Crippen molar-refractivity contribution in [2.24, 2.45) is 11.3 Å². The van der Waals surface area contributed by atoms with Gasteiger partial charge < -0.3 is 30.5 Å². The lowest BCUT2D eigenvalue weighted by Gasteiger charge is -2.37. The number of nitrogens with zero attached hydrogens (tertiary/aromatic N) is 2. The quantitative estimate of drug-likeness (QED) is 0.121. The second-order valence-corrected chi connectivity index (χ2v) is 16.2. The minimum absolute atomic E-state index is 0.0369. The monoisotopic (exact) mass is 764 g/mol. The number of carbonyl (C=O) groups is 3. The van der Waals surface area contributed by atoms with E-state index in [-0.39, 0.29) is 22.0 Å². The molecule has 0 saturated heterocycles. The number of fused-ring (bicyclic) bond motifs is 1. The highest BCUT2D eigenvalue weighted by molar-refractivity contribution is 7.98. The second-order valence-electron chi connectivity index (χ2n) is 13.4. The fourth-order valence-electron chi connectivity index (χ4n) is 6.64. The number of thioether (sulfide) groups is 1. The summed E-state index contributed by atoms with van der Waals surface area (Å²) in [6.45, 7) is 2.80. The zero-order valence-electron chi connectivity index (χ0n) is 30.3. The van der Waals surface area contributed by atoms with Crippen molar-refractivity contribution in [2.45, 2.75) is 67.7 Å². The van der Waals surface area contributed by atoms with E-state index in [1.54, 1.807) is 24.3 Å². The van der Waals surface area contributed by atoms with Crippen molar-refractivity contribution in [1.82, 2.24) is 10.6 Å². The van der Waals surface area contributed by atoms with Gasteiger partial charge in [0.25, 0.3) is 11.8 Å².